The van der Waals surface area contributed by atoms with E-state index >= 15 is 0 Å². The van der Waals surface area contributed by atoms with E-state index in [0.717, 1.165) is 39.4 Å². The maximum atomic E-state index is 11.7. The second-order valence-electron chi connectivity index (χ2n) is 7.30. The Kier molecular flexibility index (Phi) is 8.48. The van der Waals surface area contributed by atoms with Gasteiger partial charge in [-0.1, -0.05) is 54.2 Å². The van der Waals surface area contributed by atoms with Crippen LogP contribution in [-0.4, -0.2) is 53.2 Å². The van der Waals surface area contributed by atoms with Crippen LogP contribution in [0.25, 0.3) is 0 Å². The Morgan fingerprint density at radius 1 is 1.03 bits per heavy atom. The number of aryl methyl sites for hydroxylation is 2. The monoisotopic (exact) mass is 450 g/mol. The van der Waals surface area contributed by atoms with Crippen LogP contribution in [0.15, 0.2) is 54.6 Å². The fraction of sp³-hybridized carbons (Fsp3) is 0.261. The van der Waals surface area contributed by atoms with Crippen LogP contribution < -0.4 is 4.72 Å². The van der Waals surface area contributed by atoms with Gasteiger partial charge in [-0.3, -0.25) is 4.72 Å². The summed E-state index contributed by atoms with van der Waals surface area (Å²) in [7, 11) is -1.22. The van der Waals surface area contributed by atoms with E-state index in [-0.39, 0.29) is 35.3 Å². The van der Waals surface area contributed by atoms with Crippen molar-refractivity contribution in [2.45, 2.75) is 27.2 Å². The number of sulfonamides is 1. The van der Waals surface area contributed by atoms with Crippen molar-refractivity contribution in [2.75, 3.05) is 10.5 Å². The number of rotatable bonds is 7. The molecule has 0 bridgehead atoms. The molecule has 0 saturated heterocycles. The summed E-state index contributed by atoms with van der Waals surface area (Å²) in [6.07, 6.45) is 0.745. The van der Waals surface area contributed by atoms with E-state index < -0.39 is 10.0 Å². The summed E-state index contributed by atoms with van der Waals surface area (Å²) in [4.78, 5) is 0.848. The molecule has 1 aromatic heterocycles. The fourth-order valence-corrected chi connectivity index (χ4v) is 4.39. The molecule has 0 amide bonds. The van der Waals surface area contributed by atoms with Gasteiger partial charge in [0.1, 0.15) is 0 Å². The summed E-state index contributed by atoms with van der Waals surface area (Å²) in [5.41, 5.74) is 7.33. The van der Waals surface area contributed by atoms with Gasteiger partial charge in [-0.2, -0.15) is 0 Å². The molecule has 4 nitrogen and oxygen atoms in total. The zero-order valence-electron chi connectivity index (χ0n) is 17.2. The number of nitrogens with one attached hydrogen (secondary N) is 1. The summed E-state index contributed by atoms with van der Waals surface area (Å²) in [5.74, 6) is 0.0566. The van der Waals surface area contributed by atoms with Crippen molar-refractivity contribution in [3.63, 3.8) is 0 Å². The first-order valence-corrected chi connectivity index (χ1v) is 11.6. The second kappa shape index (κ2) is 10.2. The predicted molar refractivity (Wildman–Crippen MR) is 132 cm³/mol. The van der Waals surface area contributed by atoms with Gasteiger partial charge >= 0.3 is 29.6 Å². The normalized spacial score (nSPS) is 11.1. The molecule has 0 aliphatic rings. The summed E-state index contributed by atoms with van der Waals surface area (Å²) >= 11 is 5.78. The van der Waals surface area contributed by atoms with Crippen molar-refractivity contribution in [1.29, 1.82) is 0 Å². The summed E-state index contributed by atoms with van der Waals surface area (Å²) < 4.78 is 28.1. The van der Waals surface area contributed by atoms with Gasteiger partial charge in [0.25, 0.3) is 0 Å². The predicted octanol–water partition coefficient (Wildman–Crippen LogP) is 4.11. The van der Waals surface area contributed by atoms with Gasteiger partial charge in [0, 0.05) is 24.8 Å². The number of anilines is 1. The molecule has 7 heteroatoms. The van der Waals surface area contributed by atoms with Gasteiger partial charge in [-0.05, 0) is 55.7 Å². The molecule has 154 valence electrons. The van der Waals surface area contributed by atoms with Crippen LogP contribution in [0.3, 0.4) is 0 Å². The standard InChI is InChI=1S/C23H26N2O2S2.Na.H/c1-5-29(26,27)24-20-12-8-18(9-13-20)15-21-14-17(3)22(25(21)4)23(28)19-10-6-16(2)7-11-19;;/h6-14,24H,5,15H2,1-4H3;;. The Labute approximate surface area is 207 Å². The number of nitrogens with zero attached hydrogens (tertiary/aromatic N) is 1. The van der Waals surface area contributed by atoms with Gasteiger partial charge in [0.2, 0.25) is 10.0 Å². The van der Waals surface area contributed by atoms with Crippen molar-refractivity contribution >= 4 is 62.4 Å². The van der Waals surface area contributed by atoms with E-state index in [9.17, 15) is 8.42 Å². The number of aromatic nitrogens is 1. The Morgan fingerprint density at radius 2 is 1.63 bits per heavy atom. The van der Waals surface area contributed by atoms with Gasteiger partial charge in [0.05, 0.1) is 16.3 Å². The van der Waals surface area contributed by atoms with Crippen LogP contribution in [-0.2, 0) is 23.5 Å². The van der Waals surface area contributed by atoms with E-state index in [0.29, 0.717) is 5.69 Å². The van der Waals surface area contributed by atoms with Crippen molar-refractivity contribution < 1.29 is 8.42 Å². The fourth-order valence-electron chi connectivity index (χ4n) is 3.32. The van der Waals surface area contributed by atoms with Crippen molar-refractivity contribution in [3.8, 4) is 0 Å². The Balaban J connectivity index is 0.00000320. The SMILES string of the molecule is CCS(=O)(=O)Nc1ccc(Cc2cc(C)c(C(=S)c3ccc(C)cc3)n2C)cc1.[NaH]. The molecule has 0 spiro atoms. The third kappa shape index (κ3) is 5.83. The molecule has 1 N–H and O–H groups in total. The third-order valence-corrected chi connectivity index (χ3v) is 6.78. The van der Waals surface area contributed by atoms with Crippen LogP contribution >= 0.6 is 12.2 Å². The number of thiocarbonyl (C=S) groups is 1. The Bertz CT molecular complexity index is 1130. The molecule has 3 rings (SSSR count). The van der Waals surface area contributed by atoms with Crippen LogP contribution in [0.1, 0.15) is 40.6 Å². The molecule has 0 aliphatic carbocycles. The molecule has 1 heterocycles. The Hall–Kier alpha value is -1.44. The van der Waals surface area contributed by atoms with E-state index in [4.69, 9.17) is 12.2 Å². The molecule has 0 aliphatic heterocycles. The van der Waals surface area contributed by atoms with E-state index in [1.165, 1.54) is 5.56 Å². The molecule has 0 atom stereocenters. The Morgan fingerprint density at radius 3 is 2.20 bits per heavy atom. The summed E-state index contributed by atoms with van der Waals surface area (Å²) in [6, 6.07) is 18.0. The number of benzene rings is 2. The first-order chi connectivity index (χ1) is 13.7. The van der Waals surface area contributed by atoms with Crippen molar-refractivity contribution in [2.24, 2.45) is 7.05 Å². The minimum atomic E-state index is -3.26. The van der Waals surface area contributed by atoms with E-state index in [1.54, 1.807) is 19.1 Å². The molecule has 0 saturated carbocycles. The minimum absolute atomic E-state index is 0. The quantitative estimate of drug-likeness (QED) is 0.335. The van der Waals surface area contributed by atoms with Gasteiger partial charge in [0.15, 0.2) is 0 Å². The van der Waals surface area contributed by atoms with E-state index in [2.05, 4.69) is 53.5 Å². The second-order valence-corrected chi connectivity index (χ2v) is 9.72. The summed E-state index contributed by atoms with van der Waals surface area (Å²) in [5, 5.41) is 0. The zero-order valence-corrected chi connectivity index (χ0v) is 18.8. The van der Waals surface area contributed by atoms with Crippen LogP contribution in [0.2, 0.25) is 0 Å². The van der Waals surface area contributed by atoms with Gasteiger partial charge in [-0.25, -0.2) is 8.42 Å². The molecule has 2 aromatic carbocycles. The number of hydrogen-bond donors (Lipinski definition) is 1. The average molecular weight is 451 g/mol. The molecular formula is C23H27N2NaO2S2. The van der Waals surface area contributed by atoms with Crippen LogP contribution in [0, 0.1) is 13.8 Å². The molecular weight excluding hydrogens is 423 g/mol. The topological polar surface area (TPSA) is 51.1 Å². The average Bonchev–Trinajstić information content (AvgIpc) is 2.96. The maximum absolute atomic E-state index is 11.7. The molecule has 0 radical (unpaired) electrons. The van der Waals surface area contributed by atoms with Crippen molar-refractivity contribution in [1.82, 2.24) is 4.57 Å². The number of hydrogen-bond acceptors (Lipinski definition) is 3. The molecule has 0 unspecified atom stereocenters. The van der Waals surface area contributed by atoms with Crippen LogP contribution in [0.5, 0.6) is 0 Å². The van der Waals surface area contributed by atoms with Crippen molar-refractivity contribution in [3.05, 3.63) is 88.2 Å². The molecule has 30 heavy (non-hydrogen) atoms. The molecule has 3 aromatic rings. The zero-order chi connectivity index (χ0) is 21.2. The van der Waals surface area contributed by atoms with Gasteiger partial charge in [-0.15, -0.1) is 0 Å². The summed E-state index contributed by atoms with van der Waals surface area (Å²) in [6.45, 7) is 5.77. The van der Waals surface area contributed by atoms with Crippen LogP contribution in [0.4, 0.5) is 5.69 Å². The third-order valence-electron chi connectivity index (χ3n) is 5.04. The molecule has 0 fully saturated rings. The van der Waals surface area contributed by atoms with E-state index in [1.807, 2.05) is 19.2 Å². The van der Waals surface area contributed by atoms with Gasteiger partial charge < -0.3 is 4.57 Å². The first kappa shape index (κ1) is 24.8. The first-order valence-electron chi connectivity index (χ1n) is 9.56.